The first-order chi connectivity index (χ1) is 20.7. The van der Waals surface area contributed by atoms with Crippen molar-refractivity contribution in [2.24, 2.45) is 17.8 Å². The maximum absolute atomic E-state index is 13.6. The van der Waals surface area contributed by atoms with Crippen LogP contribution in [0.15, 0.2) is 59.1 Å². The van der Waals surface area contributed by atoms with Crippen LogP contribution in [0.25, 0.3) is 6.08 Å². The second-order valence-electron chi connectivity index (χ2n) is 12.3. The van der Waals surface area contributed by atoms with Crippen LogP contribution in [0.3, 0.4) is 0 Å². The SMILES string of the molecule is C=CCc1cc(/C=C2\C(=O)NC(=O)N(c3ccc(C45CC6CC(CC(C6)C4)C5)cc3)C2=O)cc(Br)c1OCC(=O)OCC. The maximum atomic E-state index is 13.6. The van der Waals surface area contributed by atoms with Gasteiger partial charge in [0.05, 0.1) is 16.8 Å². The number of imide groups is 2. The standard InChI is InChI=1S/C34H35BrN2O6/c1-3-5-24-13-20(15-28(35)30(24)43-19-29(38)42-4-2)14-27-31(39)36-33(41)37(32(27)40)26-8-6-25(7-9-26)34-16-21-10-22(17-34)12-23(11-21)18-34/h3,6-9,13-15,21-23H,1,4-5,10-12,16-19H2,2H3,(H,36,39,41)/b27-14+. The highest BCUT2D eigenvalue weighted by molar-refractivity contribution is 9.10. The molecule has 0 aromatic heterocycles. The van der Waals surface area contributed by atoms with Crippen LogP contribution in [-0.2, 0) is 31.0 Å². The van der Waals surface area contributed by atoms with Crippen LogP contribution in [0, 0.1) is 17.8 Å². The van der Waals surface area contributed by atoms with Crippen LogP contribution >= 0.6 is 15.9 Å². The van der Waals surface area contributed by atoms with Crippen molar-refractivity contribution < 1.29 is 28.7 Å². The zero-order valence-electron chi connectivity index (χ0n) is 24.2. The van der Waals surface area contributed by atoms with E-state index in [4.69, 9.17) is 9.47 Å². The topological polar surface area (TPSA) is 102 Å². The number of halogens is 1. The lowest BCUT2D eigenvalue weighted by Gasteiger charge is -2.57. The number of hydrogen-bond acceptors (Lipinski definition) is 6. The van der Waals surface area contributed by atoms with E-state index in [-0.39, 0.29) is 24.2 Å². The lowest BCUT2D eigenvalue weighted by atomic mass is 9.48. The molecule has 0 atom stereocenters. The molecule has 7 rings (SSSR count). The van der Waals surface area contributed by atoms with Gasteiger partial charge in [0, 0.05) is 0 Å². The monoisotopic (exact) mass is 646 g/mol. The fraction of sp³-hybridized carbons (Fsp3) is 0.412. The van der Waals surface area contributed by atoms with E-state index in [0.29, 0.717) is 33.5 Å². The molecule has 4 saturated carbocycles. The zero-order chi connectivity index (χ0) is 30.3. The molecule has 9 heteroatoms. The van der Waals surface area contributed by atoms with Gasteiger partial charge in [-0.1, -0.05) is 18.2 Å². The average molecular weight is 648 g/mol. The first kappa shape index (κ1) is 29.4. The Morgan fingerprint density at radius 3 is 2.33 bits per heavy atom. The third-order valence-corrected chi connectivity index (χ3v) is 9.92. The molecule has 224 valence electrons. The molecular formula is C34H35BrN2O6. The number of hydrogen-bond donors (Lipinski definition) is 1. The molecule has 1 saturated heterocycles. The summed E-state index contributed by atoms with van der Waals surface area (Å²) < 4.78 is 11.2. The van der Waals surface area contributed by atoms with Gasteiger partial charge in [0.15, 0.2) is 6.61 Å². The first-order valence-electron chi connectivity index (χ1n) is 14.9. The van der Waals surface area contributed by atoms with Crippen LogP contribution in [0.1, 0.15) is 62.1 Å². The second kappa shape index (κ2) is 11.8. The minimum Gasteiger partial charge on any atom is -0.480 e. The van der Waals surface area contributed by atoms with Gasteiger partial charge in [0.1, 0.15) is 11.3 Å². The molecule has 5 fully saturated rings. The average Bonchev–Trinajstić information content (AvgIpc) is 2.95. The zero-order valence-corrected chi connectivity index (χ0v) is 25.8. The molecule has 0 spiro atoms. The van der Waals surface area contributed by atoms with Crippen molar-refractivity contribution in [3.05, 3.63) is 75.8 Å². The van der Waals surface area contributed by atoms with E-state index in [1.807, 2.05) is 12.1 Å². The molecular weight excluding hydrogens is 612 g/mol. The van der Waals surface area contributed by atoms with Crippen LogP contribution in [-0.4, -0.2) is 37.0 Å². The summed E-state index contributed by atoms with van der Waals surface area (Å²) in [6.07, 6.45) is 11.3. The maximum Gasteiger partial charge on any atom is 0.344 e. The third-order valence-electron chi connectivity index (χ3n) is 9.34. The highest BCUT2D eigenvalue weighted by Gasteiger charge is 2.51. The van der Waals surface area contributed by atoms with E-state index in [2.05, 4.69) is 40.0 Å². The number of nitrogens with one attached hydrogen (secondary N) is 1. The Balaban J connectivity index is 1.25. The normalized spacial score (nSPS) is 26.9. The predicted molar refractivity (Wildman–Crippen MR) is 165 cm³/mol. The molecule has 4 aliphatic carbocycles. The van der Waals surface area contributed by atoms with Gasteiger partial charge in [-0.15, -0.1) is 6.58 Å². The molecule has 2 aromatic carbocycles. The van der Waals surface area contributed by atoms with Crippen molar-refractivity contribution >= 4 is 51.5 Å². The molecule has 2 aromatic rings. The molecule has 0 unspecified atom stereocenters. The summed E-state index contributed by atoms with van der Waals surface area (Å²) in [6, 6.07) is 10.4. The summed E-state index contributed by atoms with van der Waals surface area (Å²) in [4.78, 5) is 52.2. The van der Waals surface area contributed by atoms with Crippen LogP contribution in [0.4, 0.5) is 10.5 Å². The van der Waals surface area contributed by atoms with Gasteiger partial charge in [-0.25, -0.2) is 14.5 Å². The number of rotatable bonds is 9. The van der Waals surface area contributed by atoms with E-state index in [9.17, 15) is 19.2 Å². The molecule has 5 aliphatic rings. The van der Waals surface area contributed by atoms with Crippen molar-refractivity contribution in [1.82, 2.24) is 5.32 Å². The minimum absolute atomic E-state index is 0.165. The number of esters is 1. The smallest absolute Gasteiger partial charge is 0.344 e. The van der Waals surface area contributed by atoms with Crippen LogP contribution in [0.2, 0.25) is 0 Å². The number of allylic oxidation sites excluding steroid dienone is 1. The lowest BCUT2D eigenvalue weighted by Crippen LogP contribution is -2.54. The molecule has 4 amide bonds. The molecule has 1 N–H and O–H groups in total. The summed E-state index contributed by atoms with van der Waals surface area (Å²) >= 11 is 3.48. The van der Waals surface area contributed by atoms with Gasteiger partial charge in [-0.2, -0.15) is 0 Å². The van der Waals surface area contributed by atoms with Gasteiger partial charge < -0.3 is 9.47 Å². The molecule has 0 radical (unpaired) electrons. The van der Waals surface area contributed by atoms with E-state index < -0.39 is 23.8 Å². The highest BCUT2D eigenvalue weighted by Crippen LogP contribution is 2.60. The van der Waals surface area contributed by atoms with Crippen molar-refractivity contribution in [2.75, 3.05) is 18.1 Å². The number of ether oxygens (including phenoxy) is 2. The van der Waals surface area contributed by atoms with Gasteiger partial charge in [0.2, 0.25) is 0 Å². The first-order valence-corrected chi connectivity index (χ1v) is 15.7. The summed E-state index contributed by atoms with van der Waals surface area (Å²) in [5, 5.41) is 2.32. The van der Waals surface area contributed by atoms with E-state index in [0.717, 1.165) is 22.7 Å². The minimum atomic E-state index is -0.772. The number of amides is 4. The van der Waals surface area contributed by atoms with Gasteiger partial charge in [-0.05, 0) is 138 Å². The number of benzene rings is 2. The Morgan fingerprint density at radius 2 is 1.72 bits per heavy atom. The summed E-state index contributed by atoms with van der Waals surface area (Å²) in [5.41, 5.74) is 2.98. The summed E-state index contributed by atoms with van der Waals surface area (Å²) in [5.74, 6) is 0.912. The Labute approximate surface area is 259 Å². The number of carbonyl (C=O) groups is 4. The van der Waals surface area contributed by atoms with Gasteiger partial charge in [0.25, 0.3) is 11.8 Å². The summed E-state index contributed by atoms with van der Waals surface area (Å²) in [7, 11) is 0. The van der Waals surface area contributed by atoms with E-state index in [1.165, 1.54) is 50.2 Å². The summed E-state index contributed by atoms with van der Waals surface area (Å²) in [6.45, 7) is 5.49. The van der Waals surface area contributed by atoms with Crippen molar-refractivity contribution in [3.8, 4) is 5.75 Å². The largest absolute Gasteiger partial charge is 0.480 e. The van der Waals surface area contributed by atoms with Crippen molar-refractivity contribution in [2.45, 2.75) is 57.3 Å². The molecule has 1 heterocycles. The van der Waals surface area contributed by atoms with E-state index >= 15 is 0 Å². The van der Waals surface area contributed by atoms with E-state index in [1.54, 1.807) is 25.1 Å². The Bertz CT molecular complexity index is 1490. The van der Waals surface area contributed by atoms with Gasteiger partial charge in [-0.3, -0.25) is 14.9 Å². The van der Waals surface area contributed by atoms with Gasteiger partial charge >= 0.3 is 12.0 Å². The lowest BCUT2D eigenvalue weighted by molar-refractivity contribution is -0.145. The van der Waals surface area contributed by atoms with Crippen molar-refractivity contribution in [1.29, 1.82) is 0 Å². The predicted octanol–water partition coefficient (Wildman–Crippen LogP) is 6.25. The fourth-order valence-electron chi connectivity index (χ4n) is 8.05. The molecule has 4 bridgehead atoms. The Hall–Kier alpha value is -3.72. The second-order valence-corrected chi connectivity index (χ2v) is 13.1. The third kappa shape index (κ3) is 5.67. The number of barbiturate groups is 1. The quantitative estimate of drug-likeness (QED) is 0.149. The highest BCUT2D eigenvalue weighted by atomic mass is 79.9. The number of carbonyl (C=O) groups excluding carboxylic acids is 4. The molecule has 1 aliphatic heterocycles. The number of anilines is 1. The molecule has 8 nitrogen and oxygen atoms in total. The number of urea groups is 1. The van der Waals surface area contributed by atoms with Crippen LogP contribution < -0.4 is 15.0 Å². The van der Waals surface area contributed by atoms with Crippen LogP contribution in [0.5, 0.6) is 5.75 Å². The van der Waals surface area contributed by atoms with Crippen molar-refractivity contribution in [3.63, 3.8) is 0 Å². The fourth-order valence-corrected chi connectivity index (χ4v) is 8.68. The molecule has 43 heavy (non-hydrogen) atoms. The number of nitrogens with zero attached hydrogens (tertiary/aromatic N) is 1. The Morgan fingerprint density at radius 1 is 1.07 bits per heavy atom. The Kier molecular flexibility index (Phi) is 8.02.